The van der Waals surface area contributed by atoms with Crippen LogP contribution in [0.2, 0.25) is 0 Å². The van der Waals surface area contributed by atoms with Gasteiger partial charge in [-0.2, -0.15) is 10.1 Å². The molecule has 35 heavy (non-hydrogen) atoms. The van der Waals surface area contributed by atoms with Gasteiger partial charge in [0.1, 0.15) is 6.04 Å². The molecule has 2 aliphatic carbocycles. The van der Waals surface area contributed by atoms with Crippen molar-refractivity contribution in [2.24, 2.45) is 5.10 Å². The second kappa shape index (κ2) is 7.92. The number of carbonyl (C=O) groups is 1. The van der Waals surface area contributed by atoms with Gasteiger partial charge in [0.25, 0.3) is 10.0 Å². The van der Waals surface area contributed by atoms with Crippen LogP contribution in [0.4, 0.5) is 4.79 Å². The third-order valence-electron chi connectivity index (χ3n) is 6.38. The first-order valence-electron chi connectivity index (χ1n) is 11.2. The Morgan fingerprint density at radius 1 is 0.771 bits per heavy atom. The van der Waals surface area contributed by atoms with E-state index in [0.717, 1.165) is 32.1 Å². The lowest BCUT2D eigenvalue weighted by molar-refractivity contribution is 0.211. The van der Waals surface area contributed by atoms with E-state index in [9.17, 15) is 13.2 Å². The van der Waals surface area contributed by atoms with Crippen molar-refractivity contribution in [3.63, 3.8) is 0 Å². The fourth-order valence-electron chi connectivity index (χ4n) is 4.68. The van der Waals surface area contributed by atoms with Gasteiger partial charge in [-0.25, -0.2) is 17.5 Å². The molecular formula is C28H21N3O3S. The predicted molar refractivity (Wildman–Crippen MR) is 135 cm³/mol. The number of fused-ring (bicyclic) bond motifs is 4. The molecule has 1 fully saturated rings. The number of hydrazone groups is 1. The minimum atomic E-state index is -4.13. The minimum absolute atomic E-state index is 0.0625. The van der Waals surface area contributed by atoms with Gasteiger partial charge in [0, 0.05) is 11.1 Å². The van der Waals surface area contributed by atoms with Gasteiger partial charge >= 0.3 is 6.03 Å². The molecule has 1 unspecified atom stereocenters. The molecule has 0 spiro atoms. The van der Waals surface area contributed by atoms with E-state index in [1.807, 2.05) is 55.5 Å². The van der Waals surface area contributed by atoms with Crippen molar-refractivity contribution in [3.05, 3.63) is 126 Å². The lowest BCUT2D eigenvalue weighted by atomic mass is 10.1. The fourth-order valence-corrected chi connectivity index (χ4v) is 6.15. The number of hydrogen-bond acceptors (Lipinski definition) is 4. The highest BCUT2D eigenvalue weighted by Crippen LogP contribution is 2.39. The lowest BCUT2D eigenvalue weighted by Crippen LogP contribution is -2.38. The normalized spacial score (nSPS) is 18.2. The molecule has 1 saturated heterocycles. The van der Waals surface area contributed by atoms with Gasteiger partial charge in [-0.3, -0.25) is 0 Å². The third-order valence-corrected chi connectivity index (χ3v) is 8.15. The van der Waals surface area contributed by atoms with Gasteiger partial charge in [-0.15, -0.1) is 0 Å². The van der Waals surface area contributed by atoms with Crippen LogP contribution < -0.4 is 0 Å². The fraction of sp³-hybridized carbons (Fsp3) is 0.0714. The van der Waals surface area contributed by atoms with Crippen molar-refractivity contribution in [2.75, 3.05) is 0 Å². The zero-order valence-corrected chi connectivity index (χ0v) is 19.7. The maximum atomic E-state index is 13.7. The van der Waals surface area contributed by atoms with Crippen molar-refractivity contribution < 1.29 is 13.2 Å². The zero-order chi connectivity index (χ0) is 24.2. The molecular weight excluding hydrogens is 458 g/mol. The van der Waals surface area contributed by atoms with Crippen LogP contribution in [0, 0.1) is 6.92 Å². The number of rotatable bonds is 3. The molecule has 0 radical (unpaired) electrons. The number of allylic oxidation sites excluding steroid dienone is 4. The summed E-state index contributed by atoms with van der Waals surface area (Å²) in [5.74, 6) is 0. The highest BCUT2D eigenvalue weighted by Gasteiger charge is 2.48. The summed E-state index contributed by atoms with van der Waals surface area (Å²) in [6.07, 6.45) is 8.78. The van der Waals surface area contributed by atoms with Crippen molar-refractivity contribution in [1.29, 1.82) is 0 Å². The molecule has 0 aromatic heterocycles. The zero-order valence-electron chi connectivity index (χ0n) is 18.9. The summed E-state index contributed by atoms with van der Waals surface area (Å²) < 4.78 is 28.2. The number of sulfonamides is 1. The monoisotopic (exact) mass is 479 g/mol. The minimum Gasteiger partial charge on any atom is -0.245 e. The lowest BCUT2D eigenvalue weighted by Gasteiger charge is -2.20. The summed E-state index contributed by atoms with van der Waals surface area (Å²) in [5.41, 5.74) is 5.91. The molecule has 172 valence electrons. The maximum absolute atomic E-state index is 13.7. The van der Waals surface area contributed by atoms with Gasteiger partial charge in [-0.1, -0.05) is 90.5 Å². The summed E-state index contributed by atoms with van der Waals surface area (Å²) >= 11 is 0. The maximum Gasteiger partial charge on any atom is 0.359 e. The molecule has 0 bridgehead atoms. The highest BCUT2D eigenvalue weighted by molar-refractivity contribution is 7.89. The van der Waals surface area contributed by atoms with Gasteiger partial charge in [-0.05, 0) is 36.3 Å². The second-order valence-corrected chi connectivity index (χ2v) is 10.4. The van der Waals surface area contributed by atoms with Crippen LogP contribution in [0.1, 0.15) is 16.7 Å². The number of benzene rings is 3. The molecule has 3 aromatic rings. The molecule has 3 aromatic carbocycles. The van der Waals surface area contributed by atoms with Crippen LogP contribution in [-0.2, 0) is 10.0 Å². The number of hydrogen-bond donors (Lipinski definition) is 0. The quantitative estimate of drug-likeness (QED) is 0.404. The Morgan fingerprint density at radius 3 is 2.00 bits per heavy atom. The van der Waals surface area contributed by atoms with E-state index >= 15 is 0 Å². The smallest absolute Gasteiger partial charge is 0.245 e. The number of carbonyl (C=O) groups excluding carboxylic acids is 1. The van der Waals surface area contributed by atoms with Gasteiger partial charge < -0.3 is 0 Å². The van der Waals surface area contributed by atoms with Crippen LogP contribution in [0.3, 0.4) is 0 Å². The van der Waals surface area contributed by atoms with E-state index in [1.165, 1.54) is 17.1 Å². The number of nitrogens with zero attached hydrogens (tertiary/aromatic N) is 3. The molecule has 1 heterocycles. The van der Waals surface area contributed by atoms with Crippen molar-refractivity contribution in [3.8, 4) is 11.1 Å². The number of amides is 2. The summed E-state index contributed by atoms with van der Waals surface area (Å²) in [5, 5.41) is 6.02. The largest absolute Gasteiger partial charge is 0.359 e. The van der Waals surface area contributed by atoms with Crippen LogP contribution >= 0.6 is 0 Å². The Hall–Kier alpha value is -4.23. The summed E-state index contributed by atoms with van der Waals surface area (Å²) in [7, 11) is -4.13. The standard InChI is InChI=1S/C28H21N3O3S/c1-19-15-17-20(18-16-19)35(33,34)31-26-14-4-2-3-13-25(26)30(28(31)32)29-27-23-11-7-5-9-21(23)22-10-6-8-12-24(22)27/h2-18,26H,1H3. The van der Waals surface area contributed by atoms with Crippen molar-refractivity contribution >= 4 is 21.8 Å². The predicted octanol–water partition coefficient (Wildman–Crippen LogP) is 5.23. The highest BCUT2D eigenvalue weighted by atomic mass is 32.2. The Kier molecular flexibility index (Phi) is 4.82. The van der Waals surface area contributed by atoms with Crippen molar-refractivity contribution in [1.82, 2.24) is 9.31 Å². The van der Waals surface area contributed by atoms with Gasteiger partial charge in [0.2, 0.25) is 0 Å². The van der Waals surface area contributed by atoms with Crippen LogP contribution in [0.5, 0.6) is 0 Å². The Balaban J connectivity index is 1.51. The molecule has 1 atom stereocenters. The van der Waals surface area contributed by atoms with Gasteiger partial charge in [0.15, 0.2) is 0 Å². The van der Waals surface area contributed by atoms with E-state index in [4.69, 9.17) is 5.10 Å². The second-order valence-electron chi connectivity index (χ2n) is 8.55. The van der Waals surface area contributed by atoms with Crippen LogP contribution in [0.25, 0.3) is 11.1 Å². The topological polar surface area (TPSA) is 70.1 Å². The van der Waals surface area contributed by atoms with Gasteiger partial charge in [0.05, 0.1) is 16.3 Å². The molecule has 7 heteroatoms. The number of urea groups is 1. The first-order chi connectivity index (χ1) is 17.0. The SMILES string of the molecule is Cc1ccc(S(=O)(=O)N2C(=O)N(N=C3c4ccccc4-c4ccccc43)C3=CC=CC=CC32)cc1. The summed E-state index contributed by atoms with van der Waals surface area (Å²) in [4.78, 5) is 13.8. The number of aryl methyl sites for hydroxylation is 1. The molecule has 0 saturated carbocycles. The average Bonchev–Trinajstić information content (AvgIpc) is 3.19. The van der Waals surface area contributed by atoms with Crippen LogP contribution in [0.15, 0.2) is 119 Å². The molecule has 6 nitrogen and oxygen atoms in total. The van der Waals surface area contributed by atoms with Crippen LogP contribution in [-0.4, -0.2) is 35.5 Å². The van der Waals surface area contributed by atoms with E-state index in [-0.39, 0.29) is 4.90 Å². The Morgan fingerprint density at radius 2 is 1.37 bits per heavy atom. The molecule has 1 aliphatic heterocycles. The van der Waals surface area contributed by atoms with E-state index < -0.39 is 22.1 Å². The van der Waals surface area contributed by atoms with E-state index in [2.05, 4.69) is 0 Å². The summed E-state index contributed by atoms with van der Waals surface area (Å²) in [6, 6.07) is 20.8. The average molecular weight is 480 g/mol. The van der Waals surface area contributed by atoms with Crippen molar-refractivity contribution in [2.45, 2.75) is 17.9 Å². The van der Waals surface area contributed by atoms with E-state index in [0.29, 0.717) is 11.4 Å². The molecule has 3 aliphatic rings. The Bertz CT molecular complexity index is 1550. The van der Waals surface area contributed by atoms with E-state index in [1.54, 1.807) is 42.5 Å². The first kappa shape index (κ1) is 21.3. The summed E-state index contributed by atoms with van der Waals surface area (Å²) in [6.45, 7) is 1.88. The Labute approximate surface area is 203 Å². The molecule has 2 amide bonds. The third kappa shape index (κ3) is 3.27. The molecule has 6 rings (SSSR count). The first-order valence-corrected chi connectivity index (χ1v) is 12.7. The molecule has 0 N–H and O–H groups in total.